The molecule has 0 radical (unpaired) electrons. The van der Waals surface area contributed by atoms with E-state index in [0.717, 1.165) is 37.7 Å². The Morgan fingerprint density at radius 3 is 2.57 bits per heavy atom. The highest BCUT2D eigenvalue weighted by Gasteiger charge is 2.33. The van der Waals surface area contributed by atoms with Gasteiger partial charge in [0, 0.05) is 25.7 Å². The molecule has 2 saturated carbocycles. The van der Waals surface area contributed by atoms with Crippen LogP contribution in [0.15, 0.2) is 23.1 Å². The molecule has 1 N–H and O–H groups in total. The molecule has 2 fully saturated rings. The standard InChI is InChI=1S/C15H21FN2O2S/c1-18(13-3-2-4-13)21(19,20)15-9-11(5-8-14(15)16)10-17-12-6-7-12/h5,8-9,12-13,17H,2-4,6-7,10H2,1H3. The van der Waals surface area contributed by atoms with E-state index in [1.165, 1.54) is 16.4 Å². The van der Waals surface area contributed by atoms with Crippen LogP contribution < -0.4 is 5.32 Å². The lowest BCUT2D eigenvalue weighted by Crippen LogP contribution is -2.41. The number of rotatable bonds is 6. The van der Waals surface area contributed by atoms with E-state index in [-0.39, 0.29) is 10.9 Å². The number of nitrogens with one attached hydrogen (secondary N) is 1. The van der Waals surface area contributed by atoms with Crippen molar-refractivity contribution in [2.45, 2.75) is 55.6 Å². The molecular formula is C15H21FN2O2S. The number of benzene rings is 1. The molecule has 0 saturated heterocycles. The van der Waals surface area contributed by atoms with Gasteiger partial charge in [0.2, 0.25) is 10.0 Å². The topological polar surface area (TPSA) is 49.4 Å². The fourth-order valence-electron chi connectivity index (χ4n) is 2.51. The normalized spacial score (nSPS) is 19.8. The average molecular weight is 312 g/mol. The number of nitrogens with zero attached hydrogens (tertiary/aromatic N) is 1. The van der Waals surface area contributed by atoms with E-state index in [1.807, 2.05) is 0 Å². The lowest BCUT2D eigenvalue weighted by atomic mass is 9.94. The Bertz CT molecular complexity index is 625. The van der Waals surface area contributed by atoms with Gasteiger partial charge in [0.15, 0.2) is 0 Å². The van der Waals surface area contributed by atoms with Crippen LogP contribution in [0.1, 0.15) is 37.7 Å². The lowest BCUT2D eigenvalue weighted by Gasteiger charge is -2.33. The molecule has 0 bridgehead atoms. The van der Waals surface area contributed by atoms with Crippen LogP contribution in [0.4, 0.5) is 4.39 Å². The van der Waals surface area contributed by atoms with E-state index in [0.29, 0.717) is 12.6 Å². The molecule has 0 unspecified atom stereocenters. The highest BCUT2D eigenvalue weighted by molar-refractivity contribution is 7.89. The summed E-state index contributed by atoms with van der Waals surface area (Å²) in [6.07, 6.45) is 5.09. The molecule has 0 atom stereocenters. The van der Waals surface area contributed by atoms with Gasteiger partial charge in [0.25, 0.3) is 0 Å². The summed E-state index contributed by atoms with van der Waals surface area (Å²) in [6, 6.07) is 4.92. The lowest BCUT2D eigenvalue weighted by molar-refractivity contribution is 0.249. The molecule has 0 spiro atoms. The van der Waals surface area contributed by atoms with Gasteiger partial charge in [-0.25, -0.2) is 12.8 Å². The molecule has 4 nitrogen and oxygen atoms in total. The summed E-state index contributed by atoms with van der Waals surface area (Å²) in [5.74, 6) is -0.670. The Morgan fingerprint density at radius 2 is 2.00 bits per heavy atom. The zero-order chi connectivity index (χ0) is 15.0. The Kier molecular flexibility index (Phi) is 4.03. The smallest absolute Gasteiger partial charge is 0.245 e. The summed E-state index contributed by atoms with van der Waals surface area (Å²) in [4.78, 5) is -0.202. The van der Waals surface area contributed by atoms with E-state index < -0.39 is 15.8 Å². The summed E-state index contributed by atoms with van der Waals surface area (Å²) in [5, 5.41) is 3.31. The summed E-state index contributed by atoms with van der Waals surface area (Å²) < 4.78 is 40.4. The zero-order valence-electron chi connectivity index (χ0n) is 12.2. The van der Waals surface area contributed by atoms with Crippen LogP contribution in [-0.4, -0.2) is 31.9 Å². The van der Waals surface area contributed by atoms with Gasteiger partial charge in [-0.15, -0.1) is 0 Å². The third-order valence-electron chi connectivity index (χ3n) is 4.41. The van der Waals surface area contributed by atoms with Crippen LogP contribution in [0.2, 0.25) is 0 Å². The number of halogens is 1. The van der Waals surface area contributed by atoms with Gasteiger partial charge in [0.1, 0.15) is 10.7 Å². The second-order valence-electron chi connectivity index (χ2n) is 6.03. The predicted molar refractivity (Wildman–Crippen MR) is 78.8 cm³/mol. The van der Waals surface area contributed by atoms with Gasteiger partial charge in [-0.1, -0.05) is 12.5 Å². The molecular weight excluding hydrogens is 291 g/mol. The summed E-state index contributed by atoms with van der Waals surface area (Å²) in [6.45, 7) is 0.584. The molecule has 0 heterocycles. The van der Waals surface area contributed by atoms with Crippen LogP contribution in [0.5, 0.6) is 0 Å². The molecule has 6 heteroatoms. The summed E-state index contributed by atoms with van der Waals surface area (Å²) >= 11 is 0. The van der Waals surface area contributed by atoms with Crippen LogP contribution >= 0.6 is 0 Å². The van der Waals surface area contributed by atoms with Crippen molar-refractivity contribution in [3.63, 3.8) is 0 Å². The largest absolute Gasteiger partial charge is 0.310 e. The first-order chi connectivity index (χ1) is 9.98. The maximum atomic E-state index is 14.0. The van der Waals surface area contributed by atoms with Crippen LogP contribution in [0.3, 0.4) is 0 Å². The van der Waals surface area contributed by atoms with Crippen molar-refractivity contribution in [1.29, 1.82) is 0 Å². The van der Waals surface area contributed by atoms with Crippen LogP contribution in [-0.2, 0) is 16.6 Å². The van der Waals surface area contributed by atoms with E-state index in [1.54, 1.807) is 13.1 Å². The molecule has 0 aliphatic heterocycles. The quantitative estimate of drug-likeness (QED) is 0.876. The van der Waals surface area contributed by atoms with Crippen molar-refractivity contribution in [3.05, 3.63) is 29.6 Å². The Balaban J connectivity index is 1.82. The molecule has 1 aromatic rings. The molecule has 0 aromatic heterocycles. The molecule has 21 heavy (non-hydrogen) atoms. The minimum atomic E-state index is -3.74. The number of sulfonamides is 1. The molecule has 2 aliphatic carbocycles. The molecule has 3 rings (SSSR count). The first-order valence-electron chi connectivity index (χ1n) is 7.48. The first kappa shape index (κ1) is 14.9. The van der Waals surface area contributed by atoms with Gasteiger partial charge in [0.05, 0.1) is 0 Å². The molecule has 2 aliphatic rings. The van der Waals surface area contributed by atoms with Gasteiger partial charge < -0.3 is 5.32 Å². The Morgan fingerprint density at radius 1 is 1.29 bits per heavy atom. The predicted octanol–water partition coefficient (Wildman–Crippen LogP) is 2.25. The van der Waals surface area contributed by atoms with Crippen molar-refractivity contribution in [1.82, 2.24) is 9.62 Å². The number of hydrogen-bond donors (Lipinski definition) is 1. The molecule has 0 amide bonds. The fourth-order valence-corrected chi connectivity index (χ4v) is 4.04. The van der Waals surface area contributed by atoms with E-state index in [2.05, 4.69) is 5.32 Å². The van der Waals surface area contributed by atoms with E-state index >= 15 is 0 Å². The minimum Gasteiger partial charge on any atom is -0.310 e. The van der Waals surface area contributed by atoms with E-state index in [4.69, 9.17) is 0 Å². The Hall–Kier alpha value is -0.980. The average Bonchev–Trinajstić information content (AvgIpc) is 3.19. The minimum absolute atomic E-state index is 0.0163. The van der Waals surface area contributed by atoms with Gasteiger partial charge in [-0.2, -0.15) is 4.31 Å². The molecule has 1 aromatic carbocycles. The zero-order valence-corrected chi connectivity index (χ0v) is 13.0. The van der Waals surface area contributed by atoms with Crippen molar-refractivity contribution in [2.75, 3.05) is 7.05 Å². The fraction of sp³-hybridized carbons (Fsp3) is 0.600. The van der Waals surface area contributed by atoms with Crippen molar-refractivity contribution < 1.29 is 12.8 Å². The molecule has 116 valence electrons. The van der Waals surface area contributed by atoms with Crippen molar-refractivity contribution in [2.24, 2.45) is 0 Å². The third kappa shape index (κ3) is 3.12. The highest BCUT2D eigenvalue weighted by atomic mass is 32.2. The SMILES string of the molecule is CN(C1CCC1)S(=O)(=O)c1cc(CNC2CC2)ccc1F. The monoisotopic (exact) mass is 312 g/mol. The number of hydrogen-bond acceptors (Lipinski definition) is 3. The van der Waals surface area contributed by atoms with E-state index in [9.17, 15) is 12.8 Å². The van der Waals surface area contributed by atoms with Crippen LogP contribution in [0, 0.1) is 5.82 Å². The van der Waals surface area contributed by atoms with Gasteiger partial charge in [-0.3, -0.25) is 0 Å². The second-order valence-corrected chi connectivity index (χ2v) is 7.99. The highest BCUT2D eigenvalue weighted by Crippen LogP contribution is 2.30. The maximum Gasteiger partial charge on any atom is 0.245 e. The van der Waals surface area contributed by atoms with Crippen molar-refractivity contribution in [3.8, 4) is 0 Å². The summed E-state index contributed by atoms with van der Waals surface area (Å²) in [5.41, 5.74) is 0.809. The Labute approximate surface area is 125 Å². The summed E-state index contributed by atoms with van der Waals surface area (Å²) in [7, 11) is -2.20. The maximum absolute atomic E-state index is 14.0. The van der Waals surface area contributed by atoms with Gasteiger partial charge in [-0.05, 0) is 43.4 Å². The third-order valence-corrected chi connectivity index (χ3v) is 6.34. The van der Waals surface area contributed by atoms with Gasteiger partial charge >= 0.3 is 0 Å². The van der Waals surface area contributed by atoms with Crippen LogP contribution in [0.25, 0.3) is 0 Å². The second kappa shape index (κ2) is 5.66. The first-order valence-corrected chi connectivity index (χ1v) is 8.92. The van der Waals surface area contributed by atoms with Crippen molar-refractivity contribution >= 4 is 10.0 Å².